The highest BCUT2D eigenvalue weighted by Crippen LogP contribution is 2.19. The van der Waals surface area contributed by atoms with E-state index in [9.17, 15) is 4.79 Å². The Bertz CT molecular complexity index is 629. The van der Waals surface area contributed by atoms with E-state index < -0.39 is 0 Å². The van der Waals surface area contributed by atoms with Crippen LogP contribution in [-0.2, 0) is 22.6 Å². The molecular formula is C16H21N3O2. The van der Waals surface area contributed by atoms with Crippen LogP contribution < -0.4 is 5.32 Å². The SMILES string of the molecule is CCCn1nc(CNC(=O)[C@@H]2CCOC2)c2ccccc21. The van der Waals surface area contributed by atoms with Gasteiger partial charge in [0.2, 0.25) is 5.91 Å². The van der Waals surface area contributed by atoms with Crippen LogP contribution in [-0.4, -0.2) is 28.9 Å². The quantitative estimate of drug-likeness (QED) is 0.916. The van der Waals surface area contributed by atoms with Crippen molar-refractivity contribution in [1.82, 2.24) is 15.1 Å². The van der Waals surface area contributed by atoms with Gasteiger partial charge in [0.25, 0.3) is 0 Å². The number of aromatic nitrogens is 2. The van der Waals surface area contributed by atoms with Gasteiger partial charge in [-0.15, -0.1) is 0 Å². The number of ether oxygens (including phenoxy) is 1. The molecule has 0 bridgehead atoms. The maximum Gasteiger partial charge on any atom is 0.225 e. The number of hydrogen-bond acceptors (Lipinski definition) is 3. The Balaban J connectivity index is 1.75. The zero-order valence-corrected chi connectivity index (χ0v) is 12.3. The molecule has 1 aromatic heterocycles. The molecule has 0 radical (unpaired) electrons. The van der Waals surface area contributed by atoms with Crippen LogP contribution in [0.5, 0.6) is 0 Å². The van der Waals surface area contributed by atoms with Gasteiger partial charge < -0.3 is 10.1 Å². The Labute approximate surface area is 124 Å². The summed E-state index contributed by atoms with van der Waals surface area (Å²) in [7, 11) is 0. The van der Waals surface area contributed by atoms with Crippen molar-refractivity contribution < 1.29 is 9.53 Å². The van der Waals surface area contributed by atoms with Gasteiger partial charge in [0.05, 0.1) is 30.3 Å². The number of nitrogens with one attached hydrogen (secondary N) is 1. The molecule has 5 nitrogen and oxygen atoms in total. The molecular weight excluding hydrogens is 266 g/mol. The van der Waals surface area contributed by atoms with Crippen LogP contribution in [0.3, 0.4) is 0 Å². The standard InChI is InChI=1S/C16H21N3O2/c1-2-8-19-15-6-4-3-5-13(15)14(18-19)10-17-16(20)12-7-9-21-11-12/h3-6,12H,2,7-11H2,1H3,(H,17,20)/t12-/m1/s1. The minimum Gasteiger partial charge on any atom is -0.381 e. The van der Waals surface area contributed by atoms with Gasteiger partial charge in [0.1, 0.15) is 0 Å². The predicted molar refractivity (Wildman–Crippen MR) is 80.8 cm³/mol. The summed E-state index contributed by atoms with van der Waals surface area (Å²) in [6.45, 7) is 4.73. The van der Waals surface area contributed by atoms with E-state index >= 15 is 0 Å². The molecule has 3 rings (SSSR count). The van der Waals surface area contributed by atoms with Crippen molar-refractivity contribution in [3.63, 3.8) is 0 Å². The number of amides is 1. The Hall–Kier alpha value is -1.88. The number of fused-ring (bicyclic) bond motifs is 1. The van der Waals surface area contributed by atoms with Crippen LogP contribution in [0.15, 0.2) is 24.3 Å². The minimum absolute atomic E-state index is 0.00556. The van der Waals surface area contributed by atoms with Crippen molar-refractivity contribution in [2.24, 2.45) is 5.92 Å². The largest absolute Gasteiger partial charge is 0.381 e. The highest BCUT2D eigenvalue weighted by Gasteiger charge is 2.23. The van der Waals surface area contributed by atoms with Crippen LogP contribution in [0, 0.1) is 5.92 Å². The predicted octanol–water partition coefficient (Wildman–Crippen LogP) is 2.10. The molecule has 1 N–H and O–H groups in total. The number of carbonyl (C=O) groups excluding carboxylic acids is 1. The number of benzene rings is 1. The molecule has 112 valence electrons. The first-order valence-corrected chi connectivity index (χ1v) is 7.59. The molecule has 5 heteroatoms. The summed E-state index contributed by atoms with van der Waals surface area (Å²) in [5.74, 6) is 0.0654. The number of nitrogens with zero attached hydrogens (tertiary/aromatic N) is 2. The average molecular weight is 287 g/mol. The van der Waals surface area contributed by atoms with Gasteiger partial charge in [-0.3, -0.25) is 9.48 Å². The number of aryl methyl sites for hydroxylation is 1. The molecule has 2 aromatic rings. The van der Waals surface area contributed by atoms with Crippen molar-refractivity contribution in [3.05, 3.63) is 30.0 Å². The molecule has 2 heterocycles. The van der Waals surface area contributed by atoms with Crippen molar-refractivity contribution >= 4 is 16.8 Å². The summed E-state index contributed by atoms with van der Waals surface area (Å²) < 4.78 is 7.28. The lowest BCUT2D eigenvalue weighted by molar-refractivity contribution is -0.125. The molecule has 1 aliphatic rings. The lowest BCUT2D eigenvalue weighted by atomic mass is 10.1. The van der Waals surface area contributed by atoms with E-state index in [0.29, 0.717) is 19.8 Å². The van der Waals surface area contributed by atoms with E-state index in [-0.39, 0.29) is 11.8 Å². The van der Waals surface area contributed by atoms with E-state index in [1.807, 2.05) is 16.8 Å². The first kappa shape index (κ1) is 14.1. The molecule has 21 heavy (non-hydrogen) atoms. The van der Waals surface area contributed by atoms with Crippen molar-refractivity contribution in [2.45, 2.75) is 32.9 Å². The third kappa shape index (κ3) is 2.93. The van der Waals surface area contributed by atoms with Gasteiger partial charge in [-0.05, 0) is 18.9 Å². The van der Waals surface area contributed by atoms with E-state index in [0.717, 1.165) is 36.0 Å². The van der Waals surface area contributed by atoms with E-state index in [1.54, 1.807) is 0 Å². The normalized spacial score (nSPS) is 18.2. The number of carbonyl (C=O) groups is 1. The summed E-state index contributed by atoms with van der Waals surface area (Å²) in [6.07, 6.45) is 1.85. The summed E-state index contributed by atoms with van der Waals surface area (Å²) in [6, 6.07) is 8.17. The average Bonchev–Trinajstić information content (AvgIpc) is 3.14. The van der Waals surface area contributed by atoms with Gasteiger partial charge >= 0.3 is 0 Å². The van der Waals surface area contributed by atoms with Crippen LogP contribution in [0.1, 0.15) is 25.5 Å². The van der Waals surface area contributed by atoms with Gasteiger partial charge in [-0.25, -0.2) is 0 Å². The monoisotopic (exact) mass is 287 g/mol. The second-order valence-corrected chi connectivity index (χ2v) is 5.47. The first-order valence-electron chi connectivity index (χ1n) is 7.59. The maximum absolute atomic E-state index is 12.1. The highest BCUT2D eigenvalue weighted by atomic mass is 16.5. The summed E-state index contributed by atoms with van der Waals surface area (Å²) in [4.78, 5) is 12.1. The van der Waals surface area contributed by atoms with E-state index in [2.05, 4.69) is 29.5 Å². The number of para-hydroxylation sites is 1. The first-order chi connectivity index (χ1) is 10.3. The minimum atomic E-state index is -0.00556. The molecule has 0 unspecified atom stereocenters. The Morgan fingerprint density at radius 2 is 2.33 bits per heavy atom. The molecule has 1 aromatic carbocycles. The van der Waals surface area contributed by atoms with Crippen molar-refractivity contribution in [1.29, 1.82) is 0 Å². The Kier molecular flexibility index (Phi) is 4.20. The second-order valence-electron chi connectivity index (χ2n) is 5.47. The van der Waals surface area contributed by atoms with Crippen LogP contribution in [0.25, 0.3) is 10.9 Å². The summed E-state index contributed by atoms with van der Waals surface area (Å²) in [5.41, 5.74) is 2.07. The van der Waals surface area contributed by atoms with Gasteiger partial charge in [-0.1, -0.05) is 25.1 Å². The van der Waals surface area contributed by atoms with Gasteiger partial charge in [0.15, 0.2) is 0 Å². The lowest BCUT2D eigenvalue weighted by Crippen LogP contribution is -2.30. The van der Waals surface area contributed by atoms with E-state index in [1.165, 1.54) is 0 Å². The molecule has 1 saturated heterocycles. The molecule has 1 aliphatic heterocycles. The third-order valence-corrected chi connectivity index (χ3v) is 3.90. The van der Waals surface area contributed by atoms with Crippen LogP contribution in [0.2, 0.25) is 0 Å². The third-order valence-electron chi connectivity index (χ3n) is 3.90. The second kappa shape index (κ2) is 6.26. The fourth-order valence-corrected chi connectivity index (χ4v) is 2.77. The van der Waals surface area contributed by atoms with Gasteiger partial charge in [-0.2, -0.15) is 5.10 Å². The zero-order valence-electron chi connectivity index (χ0n) is 12.3. The fraction of sp³-hybridized carbons (Fsp3) is 0.500. The summed E-state index contributed by atoms with van der Waals surface area (Å²) >= 11 is 0. The molecule has 1 fully saturated rings. The highest BCUT2D eigenvalue weighted by molar-refractivity contribution is 5.83. The molecule has 0 spiro atoms. The molecule has 0 aliphatic carbocycles. The molecule has 1 atom stereocenters. The Morgan fingerprint density at radius 1 is 1.48 bits per heavy atom. The smallest absolute Gasteiger partial charge is 0.225 e. The van der Waals surface area contributed by atoms with Crippen LogP contribution in [0.4, 0.5) is 0 Å². The van der Waals surface area contributed by atoms with Crippen LogP contribution >= 0.6 is 0 Å². The number of hydrogen-bond donors (Lipinski definition) is 1. The van der Waals surface area contributed by atoms with E-state index in [4.69, 9.17) is 4.74 Å². The van der Waals surface area contributed by atoms with Gasteiger partial charge in [0, 0.05) is 18.5 Å². The molecule has 0 saturated carbocycles. The lowest BCUT2D eigenvalue weighted by Gasteiger charge is -2.08. The Morgan fingerprint density at radius 3 is 3.10 bits per heavy atom. The number of rotatable bonds is 5. The molecule has 1 amide bonds. The fourth-order valence-electron chi connectivity index (χ4n) is 2.77. The summed E-state index contributed by atoms with van der Waals surface area (Å²) in [5, 5.41) is 8.76. The topological polar surface area (TPSA) is 56.2 Å². The van der Waals surface area contributed by atoms with Crippen molar-refractivity contribution in [3.8, 4) is 0 Å². The maximum atomic E-state index is 12.1. The zero-order chi connectivity index (χ0) is 14.7. The van der Waals surface area contributed by atoms with Crippen molar-refractivity contribution in [2.75, 3.05) is 13.2 Å².